The van der Waals surface area contributed by atoms with E-state index in [0.717, 1.165) is 30.6 Å². The van der Waals surface area contributed by atoms with Gasteiger partial charge in [-0.05, 0) is 42.7 Å². The van der Waals surface area contributed by atoms with E-state index in [-0.39, 0.29) is 11.9 Å². The third kappa shape index (κ3) is 1.99. The molecular formula is C18H20N2O. The largest absolute Gasteiger partial charge is 0.402 e. The van der Waals surface area contributed by atoms with E-state index in [1.54, 1.807) is 0 Å². The predicted octanol–water partition coefficient (Wildman–Crippen LogP) is 2.57. The Labute approximate surface area is 125 Å². The van der Waals surface area contributed by atoms with Crippen LogP contribution in [0.3, 0.4) is 0 Å². The second-order valence-electron chi connectivity index (χ2n) is 6.42. The van der Waals surface area contributed by atoms with Crippen molar-refractivity contribution >= 4 is 5.91 Å². The average Bonchev–Trinajstić information content (AvgIpc) is 2.87. The number of hydrogen-bond donors (Lipinski definition) is 1. The monoisotopic (exact) mass is 280 g/mol. The third-order valence-corrected chi connectivity index (χ3v) is 5.17. The molecular weight excluding hydrogens is 260 g/mol. The zero-order valence-electron chi connectivity index (χ0n) is 12.0. The van der Waals surface area contributed by atoms with E-state index in [9.17, 15) is 4.79 Å². The number of nitrogens with two attached hydrogens (primary N) is 1. The highest BCUT2D eigenvalue weighted by molar-refractivity contribution is 5.94. The summed E-state index contributed by atoms with van der Waals surface area (Å²) in [6.45, 7) is 0.832. The molecule has 0 spiro atoms. The lowest BCUT2D eigenvalue weighted by molar-refractivity contribution is 0.0740. The smallest absolute Gasteiger partial charge is 0.254 e. The second-order valence-corrected chi connectivity index (χ2v) is 6.42. The molecule has 2 aliphatic carbocycles. The van der Waals surface area contributed by atoms with Gasteiger partial charge in [0.05, 0.1) is 6.04 Å². The van der Waals surface area contributed by atoms with E-state index < -0.39 is 0 Å². The summed E-state index contributed by atoms with van der Waals surface area (Å²) < 4.78 is 0. The van der Waals surface area contributed by atoms with Crippen LogP contribution in [0.4, 0.5) is 0 Å². The van der Waals surface area contributed by atoms with Crippen molar-refractivity contribution in [2.45, 2.75) is 18.9 Å². The second kappa shape index (κ2) is 4.76. The first-order chi connectivity index (χ1) is 10.2. The van der Waals surface area contributed by atoms with Gasteiger partial charge in [0.2, 0.25) is 0 Å². The quantitative estimate of drug-likeness (QED) is 0.804. The molecule has 4 atom stereocenters. The first-order valence-electron chi connectivity index (χ1n) is 7.73. The number of benzene rings is 1. The number of rotatable bonds is 1. The minimum absolute atomic E-state index is 0.152. The summed E-state index contributed by atoms with van der Waals surface area (Å²) in [4.78, 5) is 14.9. The Kier molecular flexibility index (Phi) is 2.88. The Hall–Kier alpha value is -2.03. The van der Waals surface area contributed by atoms with Gasteiger partial charge in [0.15, 0.2) is 0 Å². The van der Waals surface area contributed by atoms with E-state index >= 15 is 0 Å². The fourth-order valence-electron chi connectivity index (χ4n) is 4.34. The van der Waals surface area contributed by atoms with Gasteiger partial charge in [-0.25, -0.2) is 0 Å². The highest BCUT2D eigenvalue weighted by Crippen LogP contribution is 2.46. The first kappa shape index (κ1) is 12.7. The molecule has 0 aromatic heterocycles. The molecule has 0 saturated carbocycles. The number of nitrogens with zero attached hydrogens (tertiary/aromatic N) is 1. The molecule has 3 heteroatoms. The van der Waals surface area contributed by atoms with Crippen LogP contribution in [0.15, 0.2) is 54.3 Å². The van der Waals surface area contributed by atoms with Crippen LogP contribution in [0.2, 0.25) is 0 Å². The van der Waals surface area contributed by atoms with Crippen molar-refractivity contribution in [2.75, 3.05) is 6.54 Å². The molecule has 1 heterocycles. The van der Waals surface area contributed by atoms with Crippen LogP contribution in [-0.2, 0) is 0 Å². The molecule has 3 nitrogen and oxygen atoms in total. The molecule has 1 aromatic rings. The third-order valence-electron chi connectivity index (χ3n) is 5.17. The molecule has 0 radical (unpaired) electrons. The maximum absolute atomic E-state index is 12.8. The summed E-state index contributed by atoms with van der Waals surface area (Å²) >= 11 is 0. The van der Waals surface area contributed by atoms with Crippen molar-refractivity contribution in [3.05, 3.63) is 59.8 Å². The van der Waals surface area contributed by atoms with Crippen LogP contribution < -0.4 is 5.73 Å². The Morgan fingerprint density at radius 2 is 2.05 bits per heavy atom. The number of hydrogen-bond acceptors (Lipinski definition) is 2. The summed E-state index contributed by atoms with van der Waals surface area (Å²) in [5, 5.41) is 0. The Morgan fingerprint density at radius 1 is 1.24 bits per heavy atom. The molecule has 2 N–H and O–H groups in total. The number of carbonyl (C=O) groups excluding carboxylic acids is 1. The Bertz CT molecular complexity index is 619. The molecule has 108 valence electrons. The lowest BCUT2D eigenvalue weighted by Gasteiger charge is -2.36. The zero-order chi connectivity index (χ0) is 14.4. The first-order valence-corrected chi connectivity index (χ1v) is 7.73. The van der Waals surface area contributed by atoms with Gasteiger partial charge in [0.25, 0.3) is 5.91 Å². The van der Waals surface area contributed by atoms with Gasteiger partial charge in [-0.2, -0.15) is 0 Å². The van der Waals surface area contributed by atoms with Crippen molar-refractivity contribution in [1.82, 2.24) is 4.90 Å². The van der Waals surface area contributed by atoms with E-state index in [4.69, 9.17) is 5.73 Å². The summed E-state index contributed by atoms with van der Waals surface area (Å²) in [5.41, 5.74) is 7.88. The molecule has 0 bridgehead atoms. The van der Waals surface area contributed by atoms with Crippen LogP contribution in [0.25, 0.3) is 0 Å². The topological polar surface area (TPSA) is 46.3 Å². The molecule has 1 amide bonds. The number of allylic oxidation sites excluding steroid dienone is 3. The van der Waals surface area contributed by atoms with Gasteiger partial charge < -0.3 is 10.6 Å². The molecule has 4 rings (SSSR count). The van der Waals surface area contributed by atoms with Crippen LogP contribution in [-0.4, -0.2) is 23.4 Å². The minimum Gasteiger partial charge on any atom is -0.402 e. The maximum atomic E-state index is 12.8. The molecule has 3 aliphatic rings. The predicted molar refractivity (Wildman–Crippen MR) is 82.4 cm³/mol. The van der Waals surface area contributed by atoms with Crippen molar-refractivity contribution < 1.29 is 4.79 Å². The molecule has 1 fully saturated rings. The summed E-state index contributed by atoms with van der Waals surface area (Å²) in [7, 11) is 0. The van der Waals surface area contributed by atoms with Gasteiger partial charge >= 0.3 is 0 Å². The van der Waals surface area contributed by atoms with Crippen molar-refractivity contribution in [3.63, 3.8) is 0 Å². The van der Waals surface area contributed by atoms with Crippen LogP contribution in [0, 0.1) is 17.8 Å². The minimum atomic E-state index is 0.152. The van der Waals surface area contributed by atoms with E-state index in [1.807, 2.05) is 30.3 Å². The standard InChI is InChI=1S/C18H20N2O/c19-15-9-13-7-4-8-16-17(13)14(10-15)11-20(16)18(21)12-5-2-1-3-6-12/h1-6,8-9,13-14,16-17H,7,10-11,19H2. The molecule has 1 aliphatic heterocycles. The molecule has 1 aromatic carbocycles. The van der Waals surface area contributed by atoms with Gasteiger partial charge in [0.1, 0.15) is 0 Å². The van der Waals surface area contributed by atoms with Crippen LogP contribution >= 0.6 is 0 Å². The normalized spacial score (nSPS) is 33.5. The number of likely N-dealkylation sites (tertiary alicyclic amines) is 1. The van der Waals surface area contributed by atoms with E-state index in [2.05, 4.69) is 23.1 Å². The van der Waals surface area contributed by atoms with Crippen molar-refractivity contribution in [3.8, 4) is 0 Å². The molecule has 1 saturated heterocycles. The fraction of sp³-hybridized carbons (Fsp3) is 0.389. The SMILES string of the molecule is NC1=CC2CC=CC3C2C(C1)CN3C(=O)c1ccccc1. The molecule has 21 heavy (non-hydrogen) atoms. The number of carbonyl (C=O) groups is 1. The van der Waals surface area contributed by atoms with Crippen LogP contribution in [0.5, 0.6) is 0 Å². The highest BCUT2D eigenvalue weighted by atomic mass is 16.2. The lowest BCUT2D eigenvalue weighted by atomic mass is 9.70. The van der Waals surface area contributed by atoms with Gasteiger partial charge in [-0.15, -0.1) is 0 Å². The van der Waals surface area contributed by atoms with Crippen molar-refractivity contribution in [1.29, 1.82) is 0 Å². The van der Waals surface area contributed by atoms with E-state index in [0.29, 0.717) is 17.8 Å². The maximum Gasteiger partial charge on any atom is 0.254 e. The summed E-state index contributed by atoms with van der Waals surface area (Å²) in [6.07, 6.45) is 8.68. The summed E-state index contributed by atoms with van der Waals surface area (Å²) in [6, 6.07) is 9.85. The highest BCUT2D eigenvalue weighted by Gasteiger charge is 2.48. The van der Waals surface area contributed by atoms with Gasteiger partial charge in [0, 0.05) is 17.8 Å². The van der Waals surface area contributed by atoms with Crippen molar-refractivity contribution in [2.24, 2.45) is 23.5 Å². The zero-order valence-corrected chi connectivity index (χ0v) is 12.0. The fourth-order valence-corrected chi connectivity index (χ4v) is 4.34. The summed E-state index contributed by atoms with van der Waals surface area (Å²) in [5.74, 6) is 1.73. The lowest BCUT2D eigenvalue weighted by Crippen LogP contribution is -2.40. The molecule has 4 unspecified atom stereocenters. The Balaban J connectivity index is 1.66. The van der Waals surface area contributed by atoms with Gasteiger partial charge in [-0.3, -0.25) is 4.79 Å². The average molecular weight is 280 g/mol. The van der Waals surface area contributed by atoms with E-state index in [1.165, 1.54) is 0 Å². The number of amides is 1. The van der Waals surface area contributed by atoms with Crippen LogP contribution in [0.1, 0.15) is 23.2 Å². The van der Waals surface area contributed by atoms with Gasteiger partial charge in [-0.1, -0.05) is 36.4 Å². The Morgan fingerprint density at radius 3 is 2.86 bits per heavy atom.